The molecule has 0 unspecified atom stereocenters. The Morgan fingerprint density at radius 1 is 1.36 bits per heavy atom. The molecule has 2 aromatic heterocycles. The number of carboxylic acids is 1. The van der Waals surface area contributed by atoms with Crippen LogP contribution in [0.15, 0.2) is 34.3 Å². The Balaban J connectivity index is 1.85. The number of amides is 1. The minimum atomic E-state index is -0.815. The number of aliphatic carboxylic acids is 1. The molecule has 1 aliphatic heterocycles. The minimum Gasteiger partial charge on any atom is -0.481 e. The Hall–Kier alpha value is -1.66. The second-order valence-corrected chi connectivity index (χ2v) is 7.21. The van der Waals surface area contributed by atoms with Gasteiger partial charge in [0, 0.05) is 17.8 Å². The number of hydrogen-bond acceptors (Lipinski definition) is 4. The number of carbonyl (C=O) groups is 2. The number of hydrogen-bond donors (Lipinski definition) is 1. The fraction of sp³-hybridized carbons (Fsp3) is 0.375. The van der Waals surface area contributed by atoms with Crippen LogP contribution < -0.4 is 0 Å². The van der Waals surface area contributed by atoms with Crippen molar-refractivity contribution in [2.75, 3.05) is 6.54 Å². The quantitative estimate of drug-likeness (QED) is 0.911. The molecular formula is C16H17NO3S2. The molecule has 6 heteroatoms. The molecule has 1 saturated heterocycles. The first-order chi connectivity index (χ1) is 10.7. The van der Waals surface area contributed by atoms with E-state index in [0.29, 0.717) is 19.4 Å². The molecule has 4 nitrogen and oxygen atoms in total. The van der Waals surface area contributed by atoms with E-state index in [9.17, 15) is 14.7 Å². The molecule has 3 heterocycles. The van der Waals surface area contributed by atoms with Crippen molar-refractivity contribution in [3.05, 3.63) is 44.8 Å². The standard InChI is InChI=1S/C16H17NO3S2/c18-14-4-3-13(16(19)20)15(11-6-9-21-10-11)17(14)7-5-12-2-1-8-22-12/h1-2,6,8-10,13,15H,3-5,7H2,(H,19,20)/t13-,15+/m1/s1. The molecule has 0 saturated carbocycles. The maximum Gasteiger partial charge on any atom is 0.308 e. The average molecular weight is 335 g/mol. The van der Waals surface area contributed by atoms with Crippen molar-refractivity contribution in [2.24, 2.45) is 5.92 Å². The minimum absolute atomic E-state index is 0.0604. The molecule has 3 rings (SSSR count). The highest BCUT2D eigenvalue weighted by molar-refractivity contribution is 7.09. The van der Waals surface area contributed by atoms with Crippen LogP contribution in [0.1, 0.15) is 29.3 Å². The van der Waals surface area contributed by atoms with Crippen LogP contribution in [0.3, 0.4) is 0 Å². The zero-order valence-corrected chi connectivity index (χ0v) is 13.6. The second-order valence-electron chi connectivity index (χ2n) is 5.40. The predicted octanol–water partition coefficient (Wildman–Crippen LogP) is 3.42. The zero-order chi connectivity index (χ0) is 15.5. The number of carbonyl (C=O) groups excluding carboxylic acids is 1. The Morgan fingerprint density at radius 2 is 2.23 bits per heavy atom. The van der Waals surface area contributed by atoms with Gasteiger partial charge < -0.3 is 10.0 Å². The van der Waals surface area contributed by atoms with Gasteiger partial charge in [0.15, 0.2) is 0 Å². The van der Waals surface area contributed by atoms with E-state index >= 15 is 0 Å². The molecule has 0 aliphatic carbocycles. The van der Waals surface area contributed by atoms with Gasteiger partial charge in [-0.3, -0.25) is 9.59 Å². The SMILES string of the molecule is O=C(O)[C@@H]1CCC(=O)N(CCc2cccs2)[C@H]1c1ccsc1. The average Bonchev–Trinajstić information content (AvgIpc) is 3.18. The summed E-state index contributed by atoms with van der Waals surface area (Å²) in [6.45, 7) is 0.573. The molecule has 0 aromatic carbocycles. The molecule has 1 N–H and O–H groups in total. The van der Waals surface area contributed by atoms with Crippen molar-refractivity contribution in [3.8, 4) is 0 Å². The van der Waals surface area contributed by atoms with Crippen LogP contribution in [0.25, 0.3) is 0 Å². The van der Waals surface area contributed by atoms with Gasteiger partial charge in [0.05, 0.1) is 12.0 Å². The summed E-state index contributed by atoms with van der Waals surface area (Å²) in [5.74, 6) is -1.27. The lowest BCUT2D eigenvalue weighted by Crippen LogP contribution is -2.46. The highest BCUT2D eigenvalue weighted by Gasteiger charge is 2.40. The summed E-state index contributed by atoms with van der Waals surface area (Å²) in [4.78, 5) is 27.0. The van der Waals surface area contributed by atoms with Gasteiger partial charge in [-0.2, -0.15) is 11.3 Å². The first kappa shape index (κ1) is 15.2. The lowest BCUT2D eigenvalue weighted by Gasteiger charge is -2.39. The second kappa shape index (κ2) is 6.62. The van der Waals surface area contributed by atoms with Crippen LogP contribution in [-0.2, 0) is 16.0 Å². The fourth-order valence-electron chi connectivity index (χ4n) is 3.02. The van der Waals surface area contributed by atoms with Gasteiger partial charge in [-0.1, -0.05) is 6.07 Å². The first-order valence-corrected chi connectivity index (χ1v) is 9.06. The lowest BCUT2D eigenvalue weighted by atomic mass is 9.85. The highest BCUT2D eigenvalue weighted by Crippen LogP contribution is 2.38. The first-order valence-electron chi connectivity index (χ1n) is 7.23. The van der Waals surface area contributed by atoms with E-state index in [0.717, 1.165) is 12.0 Å². The largest absolute Gasteiger partial charge is 0.481 e. The van der Waals surface area contributed by atoms with Crippen LogP contribution in [0.2, 0.25) is 0 Å². The number of rotatable bonds is 5. The monoisotopic (exact) mass is 335 g/mol. The van der Waals surface area contributed by atoms with E-state index in [-0.39, 0.29) is 11.9 Å². The summed E-state index contributed by atoms with van der Waals surface area (Å²) in [5.41, 5.74) is 0.941. The number of likely N-dealkylation sites (tertiary alicyclic amines) is 1. The Morgan fingerprint density at radius 3 is 2.86 bits per heavy atom. The Labute approximate surface area is 137 Å². The van der Waals surface area contributed by atoms with E-state index in [1.54, 1.807) is 16.2 Å². The van der Waals surface area contributed by atoms with E-state index < -0.39 is 11.9 Å². The van der Waals surface area contributed by atoms with Gasteiger partial charge in [-0.15, -0.1) is 11.3 Å². The summed E-state index contributed by atoms with van der Waals surface area (Å²) in [6, 6.07) is 5.63. The van der Waals surface area contributed by atoms with E-state index in [1.807, 2.05) is 34.3 Å². The van der Waals surface area contributed by atoms with Crippen LogP contribution in [0.4, 0.5) is 0 Å². The Bertz CT molecular complexity index is 636. The third-order valence-electron chi connectivity index (χ3n) is 4.09. The molecule has 2 aromatic rings. The predicted molar refractivity (Wildman–Crippen MR) is 87.2 cm³/mol. The molecule has 116 valence electrons. The molecule has 0 spiro atoms. The van der Waals surface area contributed by atoms with Gasteiger partial charge in [0.25, 0.3) is 0 Å². The van der Waals surface area contributed by atoms with Crippen LogP contribution in [-0.4, -0.2) is 28.4 Å². The molecule has 1 aliphatic rings. The molecule has 0 radical (unpaired) electrons. The van der Waals surface area contributed by atoms with Crippen molar-refractivity contribution in [1.29, 1.82) is 0 Å². The summed E-state index contributed by atoms with van der Waals surface area (Å²) >= 11 is 3.20. The maximum atomic E-state index is 12.4. The summed E-state index contributed by atoms with van der Waals surface area (Å²) in [6.07, 6.45) is 1.52. The summed E-state index contributed by atoms with van der Waals surface area (Å²) < 4.78 is 0. The van der Waals surface area contributed by atoms with Gasteiger partial charge in [-0.05, 0) is 46.7 Å². The number of carboxylic acid groups (broad SMARTS) is 1. The van der Waals surface area contributed by atoms with Gasteiger partial charge in [-0.25, -0.2) is 0 Å². The van der Waals surface area contributed by atoms with Gasteiger partial charge >= 0.3 is 5.97 Å². The lowest BCUT2D eigenvalue weighted by molar-refractivity contribution is -0.152. The molecule has 2 atom stereocenters. The molecule has 1 amide bonds. The van der Waals surface area contributed by atoms with E-state index in [2.05, 4.69) is 0 Å². The Kier molecular flexibility index (Phi) is 4.59. The van der Waals surface area contributed by atoms with Gasteiger partial charge in [0.2, 0.25) is 5.91 Å². The molecule has 22 heavy (non-hydrogen) atoms. The van der Waals surface area contributed by atoms with Crippen LogP contribution in [0.5, 0.6) is 0 Å². The normalized spacial score (nSPS) is 22.0. The van der Waals surface area contributed by atoms with Crippen molar-refractivity contribution < 1.29 is 14.7 Å². The number of thiophene rings is 2. The van der Waals surface area contributed by atoms with Crippen molar-refractivity contribution in [2.45, 2.75) is 25.3 Å². The number of nitrogens with zero attached hydrogens (tertiary/aromatic N) is 1. The van der Waals surface area contributed by atoms with Crippen molar-refractivity contribution in [1.82, 2.24) is 4.90 Å². The van der Waals surface area contributed by atoms with Crippen molar-refractivity contribution in [3.63, 3.8) is 0 Å². The van der Waals surface area contributed by atoms with Crippen molar-refractivity contribution >= 4 is 34.6 Å². The topological polar surface area (TPSA) is 57.6 Å². The van der Waals surface area contributed by atoms with Crippen LogP contribution in [0, 0.1) is 5.92 Å². The third kappa shape index (κ3) is 3.08. The summed E-state index contributed by atoms with van der Waals surface area (Å²) in [7, 11) is 0. The van der Waals surface area contributed by atoms with E-state index in [1.165, 1.54) is 16.2 Å². The zero-order valence-electron chi connectivity index (χ0n) is 12.0. The number of piperidine rings is 1. The maximum absolute atomic E-state index is 12.4. The smallest absolute Gasteiger partial charge is 0.308 e. The fourth-order valence-corrected chi connectivity index (χ4v) is 4.40. The molecule has 1 fully saturated rings. The summed E-state index contributed by atoms with van der Waals surface area (Å²) in [5, 5.41) is 15.4. The van der Waals surface area contributed by atoms with Gasteiger partial charge in [0.1, 0.15) is 0 Å². The van der Waals surface area contributed by atoms with E-state index in [4.69, 9.17) is 0 Å². The molecular weight excluding hydrogens is 318 g/mol. The highest BCUT2D eigenvalue weighted by atomic mass is 32.1. The molecule has 0 bridgehead atoms. The van der Waals surface area contributed by atoms with Crippen LogP contribution >= 0.6 is 22.7 Å². The third-order valence-corrected chi connectivity index (χ3v) is 5.73.